The lowest BCUT2D eigenvalue weighted by Gasteiger charge is -2.17. The molecule has 0 saturated heterocycles. The van der Waals surface area contributed by atoms with Crippen LogP contribution in [0.25, 0.3) is 0 Å². The van der Waals surface area contributed by atoms with Gasteiger partial charge < -0.3 is 16.4 Å². The molecule has 0 spiro atoms. The summed E-state index contributed by atoms with van der Waals surface area (Å²) in [7, 11) is 0. The molecule has 0 rings (SSSR count). The van der Waals surface area contributed by atoms with Crippen molar-refractivity contribution in [3.05, 3.63) is 0 Å². The third-order valence-electron chi connectivity index (χ3n) is 1.95. The van der Waals surface area contributed by atoms with Crippen LogP contribution in [0.15, 0.2) is 0 Å². The molecule has 17 heavy (non-hydrogen) atoms. The van der Waals surface area contributed by atoms with Crippen LogP contribution in [-0.2, 0) is 14.4 Å². The summed E-state index contributed by atoms with van der Waals surface area (Å²) in [6, 6.07) is -0.713. The maximum absolute atomic E-state index is 11.4. The Morgan fingerprint density at radius 1 is 1.24 bits per heavy atom. The van der Waals surface area contributed by atoms with Crippen molar-refractivity contribution in [1.29, 1.82) is 0 Å². The number of hydrogen-bond donors (Lipinski definition) is 3. The van der Waals surface area contributed by atoms with Gasteiger partial charge in [-0.25, -0.2) is 0 Å². The Kier molecular flexibility index (Phi) is 7.29. The van der Waals surface area contributed by atoms with E-state index in [2.05, 4.69) is 10.6 Å². The zero-order valence-electron chi connectivity index (χ0n) is 9.96. The van der Waals surface area contributed by atoms with Crippen LogP contribution in [0.5, 0.6) is 0 Å². The highest BCUT2D eigenvalue weighted by Gasteiger charge is 2.19. The summed E-state index contributed by atoms with van der Waals surface area (Å²) in [6.07, 6.45) is 0.463. The van der Waals surface area contributed by atoms with Gasteiger partial charge in [0.15, 0.2) is 0 Å². The predicted octanol–water partition coefficient (Wildman–Crippen LogP) is -0.642. The molecule has 0 heterocycles. The molecule has 6 nitrogen and oxygen atoms in total. The highest BCUT2D eigenvalue weighted by Crippen LogP contribution is 2.03. The first-order valence-corrected chi connectivity index (χ1v) is 5.81. The van der Waals surface area contributed by atoms with Gasteiger partial charge in [0.05, 0.1) is 6.54 Å². The van der Waals surface area contributed by atoms with Gasteiger partial charge in [-0.1, -0.05) is 13.8 Å². The zero-order chi connectivity index (χ0) is 13.4. The van der Waals surface area contributed by atoms with E-state index in [1.54, 1.807) is 0 Å². The number of amides is 3. The molecule has 7 heteroatoms. The molecule has 0 aromatic carbocycles. The Morgan fingerprint density at radius 2 is 1.82 bits per heavy atom. The lowest BCUT2D eigenvalue weighted by molar-refractivity contribution is -0.128. The highest BCUT2D eigenvalue weighted by atomic mass is 35.5. The van der Waals surface area contributed by atoms with E-state index >= 15 is 0 Å². The lowest BCUT2D eigenvalue weighted by atomic mass is 10.0. The van der Waals surface area contributed by atoms with Gasteiger partial charge in [0.1, 0.15) is 11.9 Å². The summed E-state index contributed by atoms with van der Waals surface area (Å²) in [5.74, 6) is -1.48. The predicted molar refractivity (Wildman–Crippen MR) is 64.3 cm³/mol. The van der Waals surface area contributed by atoms with Gasteiger partial charge in [0.25, 0.3) is 0 Å². The second-order valence-electron chi connectivity index (χ2n) is 4.06. The molecule has 0 radical (unpaired) electrons. The van der Waals surface area contributed by atoms with Gasteiger partial charge in [-0.05, 0) is 12.3 Å². The van der Waals surface area contributed by atoms with Gasteiger partial charge in [-0.2, -0.15) is 0 Å². The van der Waals surface area contributed by atoms with Crippen molar-refractivity contribution in [3.8, 4) is 0 Å². The van der Waals surface area contributed by atoms with Gasteiger partial charge in [-0.15, -0.1) is 11.6 Å². The highest BCUT2D eigenvalue weighted by molar-refractivity contribution is 6.27. The van der Waals surface area contributed by atoms with E-state index in [1.807, 2.05) is 13.8 Å². The number of rotatable bonds is 7. The Hall–Kier alpha value is -1.30. The molecule has 98 valence electrons. The smallest absolute Gasteiger partial charge is 0.240 e. The number of nitrogens with two attached hydrogens (primary N) is 1. The summed E-state index contributed by atoms with van der Waals surface area (Å²) >= 11 is 5.24. The normalized spacial score (nSPS) is 12.0. The Morgan fingerprint density at radius 3 is 2.24 bits per heavy atom. The SMILES string of the molecule is CC(C)C[C@H](NC(=O)CNC(=O)CCl)C(N)=O. The van der Waals surface area contributed by atoms with Crippen LogP contribution >= 0.6 is 11.6 Å². The Balaban J connectivity index is 4.13. The fourth-order valence-corrected chi connectivity index (χ4v) is 1.28. The van der Waals surface area contributed by atoms with Crippen molar-refractivity contribution in [3.63, 3.8) is 0 Å². The van der Waals surface area contributed by atoms with E-state index < -0.39 is 23.8 Å². The minimum atomic E-state index is -0.713. The molecule has 0 fully saturated rings. The molecule has 0 aromatic heterocycles. The number of carbonyl (C=O) groups is 3. The Bertz CT molecular complexity index is 295. The summed E-state index contributed by atoms with van der Waals surface area (Å²) in [4.78, 5) is 33.2. The monoisotopic (exact) mass is 263 g/mol. The van der Waals surface area contributed by atoms with Gasteiger partial charge in [0, 0.05) is 0 Å². The molecule has 0 unspecified atom stereocenters. The van der Waals surface area contributed by atoms with Crippen LogP contribution in [0, 0.1) is 5.92 Å². The molecule has 0 aromatic rings. The first-order valence-electron chi connectivity index (χ1n) is 5.28. The van der Waals surface area contributed by atoms with Crippen molar-refractivity contribution in [2.75, 3.05) is 12.4 Å². The average molecular weight is 264 g/mol. The fourth-order valence-electron chi connectivity index (χ4n) is 1.19. The summed E-state index contributed by atoms with van der Waals surface area (Å²) in [5, 5.41) is 4.75. The van der Waals surface area contributed by atoms with Gasteiger partial charge in [0.2, 0.25) is 17.7 Å². The number of hydrogen-bond acceptors (Lipinski definition) is 3. The van der Waals surface area contributed by atoms with E-state index in [4.69, 9.17) is 17.3 Å². The molecule has 3 amide bonds. The zero-order valence-corrected chi connectivity index (χ0v) is 10.7. The van der Waals surface area contributed by atoms with E-state index in [0.717, 1.165) is 0 Å². The maximum Gasteiger partial charge on any atom is 0.240 e. The van der Waals surface area contributed by atoms with E-state index in [-0.39, 0.29) is 18.3 Å². The third kappa shape index (κ3) is 7.57. The second-order valence-corrected chi connectivity index (χ2v) is 4.33. The van der Waals surface area contributed by atoms with Crippen molar-refractivity contribution in [1.82, 2.24) is 10.6 Å². The molecular weight excluding hydrogens is 246 g/mol. The standard InChI is InChI=1S/C10H18ClN3O3/c1-6(2)3-7(10(12)17)14-9(16)5-13-8(15)4-11/h6-7H,3-5H2,1-2H3,(H2,12,17)(H,13,15)(H,14,16)/t7-/m0/s1. The molecular formula is C10H18ClN3O3. The average Bonchev–Trinajstić information content (AvgIpc) is 2.24. The molecule has 0 aliphatic carbocycles. The van der Waals surface area contributed by atoms with Crippen LogP contribution in [0.2, 0.25) is 0 Å². The molecule has 0 bridgehead atoms. The minimum absolute atomic E-state index is 0.210. The van der Waals surface area contributed by atoms with Crippen LogP contribution in [0.1, 0.15) is 20.3 Å². The van der Waals surface area contributed by atoms with Crippen LogP contribution in [0.3, 0.4) is 0 Å². The van der Waals surface area contributed by atoms with Crippen molar-refractivity contribution in [2.24, 2.45) is 11.7 Å². The number of primary amides is 1. The summed E-state index contributed by atoms with van der Waals surface area (Å²) in [5.41, 5.74) is 5.15. The maximum atomic E-state index is 11.4. The number of halogens is 1. The second kappa shape index (κ2) is 7.89. The largest absolute Gasteiger partial charge is 0.368 e. The first kappa shape index (κ1) is 15.7. The number of alkyl halides is 1. The fraction of sp³-hybridized carbons (Fsp3) is 0.700. The molecule has 4 N–H and O–H groups in total. The van der Waals surface area contributed by atoms with E-state index in [9.17, 15) is 14.4 Å². The first-order chi connectivity index (χ1) is 7.86. The summed E-state index contributed by atoms with van der Waals surface area (Å²) < 4.78 is 0. The van der Waals surface area contributed by atoms with E-state index in [1.165, 1.54) is 0 Å². The molecule has 0 aliphatic rings. The third-order valence-corrected chi connectivity index (χ3v) is 2.20. The minimum Gasteiger partial charge on any atom is -0.368 e. The van der Waals surface area contributed by atoms with Crippen LogP contribution < -0.4 is 16.4 Å². The molecule has 0 saturated carbocycles. The van der Waals surface area contributed by atoms with Crippen LogP contribution in [-0.4, -0.2) is 36.2 Å². The number of carbonyl (C=O) groups excluding carboxylic acids is 3. The molecule has 1 atom stereocenters. The number of nitrogens with one attached hydrogen (secondary N) is 2. The summed E-state index contributed by atoms with van der Waals surface area (Å²) in [6.45, 7) is 3.61. The van der Waals surface area contributed by atoms with Crippen molar-refractivity contribution >= 4 is 29.3 Å². The van der Waals surface area contributed by atoms with Gasteiger partial charge >= 0.3 is 0 Å². The van der Waals surface area contributed by atoms with Crippen molar-refractivity contribution in [2.45, 2.75) is 26.3 Å². The molecule has 0 aliphatic heterocycles. The van der Waals surface area contributed by atoms with Crippen LogP contribution in [0.4, 0.5) is 0 Å². The van der Waals surface area contributed by atoms with Crippen molar-refractivity contribution < 1.29 is 14.4 Å². The topological polar surface area (TPSA) is 101 Å². The Labute approximate surface area is 105 Å². The quantitative estimate of drug-likeness (QED) is 0.533. The lowest BCUT2D eigenvalue weighted by Crippen LogP contribution is -2.48. The van der Waals surface area contributed by atoms with E-state index in [0.29, 0.717) is 6.42 Å². The van der Waals surface area contributed by atoms with Gasteiger partial charge in [-0.3, -0.25) is 14.4 Å².